The van der Waals surface area contributed by atoms with Crippen LogP contribution in [0.2, 0.25) is 5.02 Å². The molecule has 2 aromatic carbocycles. The topological polar surface area (TPSA) is 75.7 Å². The number of rotatable bonds is 7. The molecule has 2 atom stereocenters. The summed E-state index contributed by atoms with van der Waals surface area (Å²) < 4.78 is 31.4. The molecule has 0 aliphatic rings. The van der Waals surface area contributed by atoms with Crippen molar-refractivity contribution in [3.63, 3.8) is 0 Å². The van der Waals surface area contributed by atoms with Crippen molar-refractivity contribution in [2.24, 2.45) is 0 Å². The smallest absolute Gasteiger partial charge is 0.244 e. The Balaban J connectivity index is 2.34. The first-order valence-electron chi connectivity index (χ1n) is 9.16. The zero-order valence-corrected chi connectivity index (χ0v) is 19.1. The lowest BCUT2D eigenvalue weighted by Gasteiger charge is -2.30. The number of anilines is 1. The fourth-order valence-electron chi connectivity index (χ4n) is 3.07. The van der Waals surface area contributed by atoms with Crippen LogP contribution in [0, 0.1) is 13.8 Å². The van der Waals surface area contributed by atoms with Crippen LogP contribution in [0.1, 0.15) is 36.6 Å². The summed E-state index contributed by atoms with van der Waals surface area (Å²) in [5.41, 5.74) is 3.44. The second kappa shape index (κ2) is 9.05. The maximum Gasteiger partial charge on any atom is 0.244 e. The Bertz CT molecular complexity index is 1010. The average Bonchev–Trinajstić information content (AvgIpc) is 2.63. The monoisotopic (exact) mass is 438 g/mol. The van der Waals surface area contributed by atoms with E-state index in [0.717, 1.165) is 27.3 Å². The number of benzene rings is 2. The zero-order chi connectivity index (χ0) is 21.9. The van der Waals surface area contributed by atoms with Crippen LogP contribution < -0.4 is 14.4 Å². The number of aryl methyl sites for hydroxylation is 2. The summed E-state index contributed by atoms with van der Waals surface area (Å²) in [5, 5.41) is 3.24. The normalized spacial score (nSPS) is 13.5. The first-order chi connectivity index (χ1) is 13.5. The Kier molecular flexibility index (Phi) is 7.19. The molecule has 0 fully saturated rings. The Morgan fingerprint density at radius 3 is 2.31 bits per heavy atom. The standard InChI is InChI=1S/C21H27ClN2O4S/c1-13-7-8-17(11-14(13)2)15(3)23-21(25)16(4)24(29(6,26)27)19-12-18(22)9-10-20(19)28-5/h7-12,15-16H,1-6H3,(H,23,25)/t15-,16+/m0/s1. The Labute approximate surface area is 177 Å². The predicted molar refractivity (Wildman–Crippen MR) is 117 cm³/mol. The zero-order valence-electron chi connectivity index (χ0n) is 17.5. The quantitative estimate of drug-likeness (QED) is 0.708. The van der Waals surface area contributed by atoms with Crippen LogP contribution in [0.3, 0.4) is 0 Å². The minimum Gasteiger partial charge on any atom is -0.495 e. The van der Waals surface area contributed by atoms with Gasteiger partial charge in [0.1, 0.15) is 11.8 Å². The number of ether oxygens (including phenoxy) is 1. The number of nitrogens with zero attached hydrogens (tertiary/aromatic N) is 1. The summed E-state index contributed by atoms with van der Waals surface area (Å²) in [5.74, 6) is -0.120. The molecule has 0 spiro atoms. The number of carbonyl (C=O) groups excluding carboxylic acids is 1. The van der Waals surface area contributed by atoms with Crippen molar-refractivity contribution in [3.05, 3.63) is 58.1 Å². The number of hydrogen-bond acceptors (Lipinski definition) is 4. The van der Waals surface area contributed by atoms with Gasteiger partial charge in [-0.25, -0.2) is 8.42 Å². The maximum atomic E-state index is 12.9. The number of carbonyl (C=O) groups is 1. The SMILES string of the molecule is COc1ccc(Cl)cc1N([C@H](C)C(=O)N[C@@H](C)c1ccc(C)c(C)c1)S(C)(=O)=O. The van der Waals surface area contributed by atoms with Crippen molar-refractivity contribution in [2.75, 3.05) is 17.7 Å². The molecular weight excluding hydrogens is 412 g/mol. The van der Waals surface area contributed by atoms with Crippen molar-refractivity contribution < 1.29 is 17.9 Å². The molecular formula is C21H27ClN2O4S. The molecule has 1 N–H and O–H groups in total. The van der Waals surface area contributed by atoms with Crippen LogP contribution in [-0.2, 0) is 14.8 Å². The van der Waals surface area contributed by atoms with Gasteiger partial charge >= 0.3 is 0 Å². The molecule has 2 aromatic rings. The van der Waals surface area contributed by atoms with Gasteiger partial charge in [-0.05, 0) is 62.6 Å². The highest BCUT2D eigenvalue weighted by molar-refractivity contribution is 7.92. The van der Waals surface area contributed by atoms with Gasteiger partial charge in [-0.2, -0.15) is 0 Å². The van der Waals surface area contributed by atoms with Crippen LogP contribution in [0.4, 0.5) is 5.69 Å². The van der Waals surface area contributed by atoms with E-state index in [1.807, 2.05) is 39.0 Å². The van der Waals surface area contributed by atoms with E-state index in [-0.39, 0.29) is 11.7 Å². The molecule has 0 unspecified atom stereocenters. The van der Waals surface area contributed by atoms with Crippen molar-refractivity contribution >= 4 is 33.2 Å². The van der Waals surface area contributed by atoms with E-state index in [1.54, 1.807) is 12.1 Å². The highest BCUT2D eigenvalue weighted by Gasteiger charge is 2.32. The molecule has 8 heteroatoms. The first kappa shape index (κ1) is 23.0. The third-order valence-electron chi connectivity index (χ3n) is 4.86. The van der Waals surface area contributed by atoms with Crippen LogP contribution in [0.15, 0.2) is 36.4 Å². The summed E-state index contributed by atoms with van der Waals surface area (Å²) in [6.45, 7) is 7.42. The van der Waals surface area contributed by atoms with Gasteiger partial charge in [0.05, 0.1) is 25.1 Å². The number of nitrogens with one attached hydrogen (secondary N) is 1. The summed E-state index contributed by atoms with van der Waals surface area (Å²) in [7, 11) is -2.36. The highest BCUT2D eigenvalue weighted by atomic mass is 35.5. The van der Waals surface area contributed by atoms with Crippen molar-refractivity contribution in [3.8, 4) is 5.75 Å². The molecule has 1 amide bonds. The second-order valence-corrected chi connectivity index (χ2v) is 9.42. The molecule has 2 rings (SSSR count). The third-order valence-corrected chi connectivity index (χ3v) is 6.32. The summed E-state index contributed by atoms with van der Waals surface area (Å²) >= 11 is 6.07. The van der Waals surface area contributed by atoms with Gasteiger partial charge < -0.3 is 10.1 Å². The average molecular weight is 439 g/mol. The van der Waals surface area contributed by atoms with Crippen LogP contribution in [-0.4, -0.2) is 33.7 Å². The fourth-order valence-corrected chi connectivity index (χ4v) is 4.40. The van der Waals surface area contributed by atoms with Gasteiger partial charge in [-0.3, -0.25) is 9.10 Å². The van der Waals surface area contributed by atoms with Gasteiger partial charge in [-0.15, -0.1) is 0 Å². The van der Waals surface area contributed by atoms with Crippen LogP contribution in [0.5, 0.6) is 5.75 Å². The number of halogens is 1. The molecule has 0 bridgehead atoms. The second-order valence-electron chi connectivity index (χ2n) is 7.12. The lowest BCUT2D eigenvalue weighted by Crippen LogP contribution is -2.48. The molecule has 6 nitrogen and oxygen atoms in total. The molecule has 29 heavy (non-hydrogen) atoms. The Morgan fingerprint density at radius 1 is 1.10 bits per heavy atom. The van der Waals surface area contributed by atoms with E-state index in [2.05, 4.69) is 5.32 Å². The van der Waals surface area contributed by atoms with E-state index in [1.165, 1.54) is 20.1 Å². The van der Waals surface area contributed by atoms with E-state index >= 15 is 0 Å². The molecule has 0 saturated carbocycles. The van der Waals surface area contributed by atoms with Gasteiger partial charge in [0.2, 0.25) is 15.9 Å². The van der Waals surface area contributed by atoms with Crippen LogP contribution >= 0.6 is 11.6 Å². The van der Waals surface area contributed by atoms with Crippen molar-refractivity contribution in [2.45, 2.75) is 39.8 Å². The lowest BCUT2D eigenvalue weighted by molar-refractivity contribution is -0.122. The van der Waals surface area contributed by atoms with E-state index in [0.29, 0.717) is 10.8 Å². The lowest BCUT2D eigenvalue weighted by atomic mass is 10.0. The largest absolute Gasteiger partial charge is 0.495 e. The van der Waals surface area contributed by atoms with Crippen molar-refractivity contribution in [1.29, 1.82) is 0 Å². The van der Waals surface area contributed by atoms with E-state index in [4.69, 9.17) is 16.3 Å². The predicted octanol–water partition coefficient (Wildman–Crippen LogP) is 4.00. The van der Waals surface area contributed by atoms with E-state index in [9.17, 15) is 13.2 Å². The molecule has 0 aliphatic carbocycles. The summed E-state index contributed by atoms with van der Waals surface area (Å²) in [4.78, 5) is 12.9. The first-order valence-corrected chi connectivity index (χ1v) is 11.4. The Hall–Kier alpha value is -2.25. The van der Waals surface area contributed by atoms with Gasteiger partial charge in [0.15, 0.2) is 0 Å². The molecule has 0 aromatic heterocycles. The minimum absolute atomic E-state index is 0.212. The number of hydrogen-bond donors (Lipinski definition) is 1. The fraction of sp³-hybridized carbons (Fsp3) is 0.381. The third kappa shape index (κ3) is 5.42. The number of sulfonamides is 1. The summed E-state index contributed by atoms with van der Waals surface area (Å²) in [6, 6.07) is 9.30. The van der Waals surface area contributed by atoms with Gasteiger partial charge in [0, 0.05) is 5.02 Å². The molecule has 0 aliphatic heterocycles. The van der Waals surface area contributed by atoms with Crippen LogP contribution in [0.25, 0.3) is 0 Å². The molecule has 158 valence electrons. The molecule has 0 heterocycles. The Morgan fingerprint density at radius 2 is 1.76 bits per heavy atom. The van der Waals surface area contributed by atoms with Gasteiger partial charge in [-0.1, -0.05) is 29.8 Å². The maximum absolute atomic E-state index is 12.9. The summed E-state index contributed by atoms with van der Waals surface area (Å²) in [6.07, 6.45) is 1.05. The van der Waals surface area contributed by atoms with Crippen molar-refractivity contribution in [1.82, 2.24) is 5.32 Å². The number of amides is 1. The highest BCUT2D eigenvalue weighted by Crippen LogP contribution is 2.34. The van der Waals surface area contributed by atoms with Gasteiger partial charge in [0.25, 0.3) is 0 Å². The number of methoxy groups -OCH3 is 1. The molecule has 0 saturated heterocycles. The minimum atomic E-state index is -3.79. The molecule has 0 radical (unpaired) electrons. The van der Waals surface area contributed by atoms with E-state index < -0.39 is 22.0 Å².